The Labute approximate surface area is 123 Å². The average molecular weight is 301 g/mol. The minimum absolute atomic E-state index is 0.156. The van der Waals surface area contributed by atoms with Crippen molar-refractivity contribution in [1.29, 1.82) is 0 Å². The van der Waals surface area contributed by atoms with Gasteiger partial charge in [-0.25, -0.2) is 0 Å². The Balaban J connectivity index is 1.95. The van der Waals surface area contributed by atoms with Gasteiger partial charge in [0.15, 0.2) is 0 Å². The monoisotopic (exact) mass is 300 g/mol. The Morgan fingerprint density at radius 3 is 2.95 bits per heavy atom. The number of likely N-dealkylation sites (tertiary alicyclic amines) is 1. The van der Waals surface area contributed by atoms with Gasteiger partial charge in [0.05, 0.1) is 10.0 Å². The van der Waals surface area contributed by atoms with Gasteiger partial charge >= 0.3 is 0 Å². The third-order valence-electron chi connectivity index (χ3n) is 3.61. The molecular weight excluding hydrogens is 283 g/mol. The maximum Gasteiger partial charge on any atom is 0.223 e. The van der Waals surface area contributed by atoms with Crippen LogP contribution < -0.4 is 5.73 Å². The van der Waals surface area contributed by atoms with Crippen LogP contribution in [-0.4, -0.2) is 29.9 Å². The summed E-state index contributed by atoms with van der Waals surface area (Å²) >= 11 is 12.1. The van der Waals surface area contributed by atoms with E-state index in [0.717, 1.165) is 24.9 Å². The number of aryl methyl sites for hydroxylation is 1. The van der Waals surface area contributed by atoms with Crippen LogP contribution in [0, 0.1) is 0 Å². The summed E-state index contributed by atoms with van der Waals surface area (Å²) in [5, 5.41) is 1.08. The maximum atomic E-state index is 12.2. The highest BCUT2D eigenvalue weighted by molar-refractivity contribution is 6.42. The first-order chi connectivity index (χ1) is 9.13. The second-order valence-corrected chi connectivity index (χ2v) is 5.62. The summed E-state index contributed by atoms with van der Waals surface area (Å²) in [6.07, 6.45) is 3.13. The molecule has 0 bridgehead atoms. The number of hydrogen-bond acceptors (Lipinski definition) is 2. The Hall–Kier alpha value is -0.770. The molecule has 1 aromatic carbocycles. The van der Waals surface area contributed by atoms with Gasteiger partial charge in [-0.05, 0) is 30.9 Å². The molecule has 2 N–H and O–H groups in total. The molecule has 1 atom stereocenters. The van der Waals surface area contributed by atoms with Crippen molar-refractivity contribution in [3.8, 4) is 0 Å². The Morgan fingerprint density at radius 1 is 1.42 bits per heavy atom. The van der Waals surface area contributed by atoms with E-state index >= 15 is 0 Å². The molecular formula is C14H18Cl2N2O. The van der Waals surface area contributed by atoms with E-state index in [9.17, 15) is 4.79 Å². The first kappa shape index (κ1) is 14.6. The largest absolute Gasteiger partial charge is 0.338 e. The predicted molar refractivity (Wildman–Crippen MR) is 78.6 cm³/mol. The topological polar surface area (TPSA) is 46.3 Å². The lowest BCUT2D eigenvalue weighted by atomic mass is 10.1. The standard InChI is InChI=1S/C14H18Cl2N2O/c15-12-5-1-3-10(14(12)16)6-7-13(19)18-8-2-4-11(18)9-17/h1,3,5,11H,2,4,6-9,17H2/t11-/m1/s1. The molecule has 0 radical (unpaired) electrons. The minimum Gasteiger partial charge on any atom is -0.338 e. The highest BCUT2D eigenvalue weighted by Crippen LogP contribution is 2.27. The van der Waals surface area contributed by atoms with Gasteiger partial charge in [-0.1, -0.05) is 35.3 Å². The van der Waals surface area contributed by atoms with Crippen LogP contribution in [0.1, 0.15) is 24.8 Å². The Bertz CT molecular complexity index is 465. The number of nitrogens with zero attached hydrogens (tertiary/aromatic N) is 1. The fourth-order valence-corrected chi connectivity index (χ4v) is 2.95. The molecule has 1 aliphatic rings. The number of nitrogens with two attached hydrogens (primary N) is 1. The highest BCUT2D eigenvalue weighted by Gasteiger charge is 2.27. The number of halogens is 2. The van der Waals surface area contributed by atoms with Gasteiger partial charge in [0.25, 0.3) is 0 Å². The number of amides is 1. The molecule has 1 saturated heterocycles. The van der Waals surface area contributed by atoms with E-state index in [2.05, 4.69) is 0 Å². The summed E-state index contributed by atoms with van der Waals surface area (Å²) in [5.74, 6) is 0.156. The molecule has 5 heteroatoms. The van der Waals surface area contributed by atoms with Crippen LogP contribution in [0.5, 0.6) is 0 Å². The lowest BCUT2D eigenvalue weighted by Crippen LogP contribution is -2.40. The Kier molecular flexibility index (Phi) is 5.08. The van der Waals surface area contributed by atoms with Gasteiger partial charge in [-0.2, -0.15) is 0 Å². The zero-order valence-electron chi connectivity index (χ0n) is 10.7. The molecule has 1 aliphatic heterocycles. The summed E-state index contributed by atoms with van der Waals surface area (Å²) in [6.45, 7) is 1.37. The lowest BCUT2D eigenvalue weighted by molar-refractivity contribution is -0.131. The quantitative estimate of drug-likeness (QED) is 0.929. The third kappa shape index (κ3) is 3.41. The van der Waals surface area contributed by atoms with Crippen molar-refractivity contribution in [2.24, 2.45) is 5.73 Å². The van der Waals surface area contributed by atoms with Crippen molar-refractivity contribution < 1.29 is 4.79 Å². The molecule has 0 aliphatic carbocycles. The molecule has 0 spiro atoms. The summed E-state index contributed by atoms with van der Waals surface area (Å²) in [5.41, 5.74) is 6.60. The van der Waals surface area contributed by atoms with E-state index in [4.69, 9.17) is 28.9 Å². The predicted octanol–water partition coefficient (Wildman–Crippen LogP) is 2.88. The van der Waals surface area contributed by atoms with Gasteiger partial charge < -0.3 is 10.6 Å². The van der Waals surface area contributed by atoms with Gasteiger partial charge in [0, 0.05) is 25.6 Å². The summed E-state index contributed by atoms with van der Waals surface area (Å²) in [4.78, 5) is 14.1. The molecule has 0 unspecified atom stereocenters. The van der Waals surface area contributed by atoms with Crippen molar-refractivity contribution in [3.05, 3.63) is 33.8 Å². The van der Waals surface area contributed by atoms with Crippen LogP contribution in [0.4, 0.5) is 0 Å². The van der Waals surface area contributed by atoms with E-state index < -0.39 is 0 Å². The van der Waals surface area contributed by atoms with Crippen LogP contribution in [0.15, 0.2) is 18.2 Å². The van der Waals surface area contributed by atoms with Crippen LogP contribution in [0.25, 0.3) is 0 Å². The van der Waals surface area contributed by atoms with Crippen molar-refractivity contribution in [2.45, 2.75) is 31.7 Å². The van der Waals surface area contributed by atoms with Crippen LogP contribution in [-0.2, 0) is 11.2 Å². The van der Waals surface area contributed by atoms with E-state index in [0.29, 0.717) is 29.4 Å². The van der Waals surface area contributed by atoms with Gasteiger partial charge in [0.1, 0.15) is 0 Å². The molecule has 1 amide bonds. The second-order valence-electron chi connectivity index (χ2n) is 4.83. The van der Waals surface area contributed by atoms with Crippen LogP contribution in [0.2, 0.25) is 10.0 Å². The number of carbonyl (C=O) groups excluding carboxylic acids is 1. The van der Waals surface area contributed by atoms with E-state index in [1.807, 2.05) is 17.0 Å². The molecule has 1 heterocycles. The maximum absolute atomic E-state index is 12.2. The molecule has 2 rings (SSSR count). The molecule has 104 valence electrons. The number of hydrogen-bond donors (Lipinski definition) is 1. The summed E-state index contributed by atoms with van der Waals surface area (Å²) in [6, 6.07) is 5.72. The first-order valence-corrected chi connectivity index (χ1v) is 7.31. The fraction of sp³-hybridized carbons (Fsp3) is 0.500. The van der Waals surface area contributed by atoms with Crippen molar-refractivity contribution in [3.63, 3.8) is 0 Å². The minimum atomic E-state index is 0.156. The third-order valence-corrected chi connectivity index (χ3v) is 4.47. The van der Waals surface area contributed by atoms with Crippen molar-refractivity contribution in [2.75, 3.05) is 13.1 Å². The number of rotatable bonds is 4. The number of benzene rings is 1. The SMILES string of the molecule is NC[C@H]1CCCN1C(=O)CCc1cccc(Cl)c1Cl. The second kappa shape index (κ2) is 6.60. The first-order valence-electron chi connectivity index (χ1n) is 6.56. The normalized spacial score (nSPS) is 18.9. The molecule has 0 saturated carbocycles. The average Bonchev–Trinajstić information content (AvgIpc) is 2.88. The van der Waals surface area contributed by atoms with Gasteiger partial charge in [0.2, 0.25) is 5.91 Å². The zero-order valence-corrected chi connectivity index (χ0v) is 12.3. The van der Waals surface area contributed by atoms with Crippen molar-refractivity contribution in [1.82, 2.24) is 4.90 Å². The van der Waals surface area contributed by atoms with E-state index in [1.54, 1.807) is 6.07 Å². The van der Waals surface area contributed by atoms with Crippen LogP contribution >= 0.6 is 23.2 Å². The molecule has 1 fully saturated rings. The van der Waals surface area contributed by atoms with E-state index in [-0.39, 0.29) is 11.9 Å². The van der Waals surface area contributed by atoms with Gasteiger partial charge in [-0.3, -0.25) is 4.79 Å². The van der Waals surface area contributed by atoms with Crippen molar-refractivity contribution >= 4 is 29.1 Å². The van der Waals surface area contributed by atoms with Gasteiger partial charge in [-0.15, -0.1) is 0 Å². The smallest absolute Gasteiger partial charge is 0.223 e. The number of carbonyl (C=O) groups is 1. The summed E-state index contributed by atoms with van der Waals surface area (Å²) < 4.78 is 0. The Morgan fingerprint density at radius 2 is 2.21 bits per heavy atom. The van der Waals surface area contributed by atoms with Crippen LogP contribution in [0.3, 0.4) is 0 Å². The molecule has 0 aromatic heterocycles. The van der Waals surface area contributed by atoms with E-state index in [1.165, 1.54) is 0 Å². The lowest BCUT2D eigenvalue weighted by Gasteiger charge is -2.23. The molecule has 1 aromatic rings. The zero-order chi connectivity index (χ0) is 13.8. The summed E-state index contributed by atoms with van der Waals surface area (Å²) in [7, 11) is 0. The molecule has 19 heavy (non-hydrogen) atoms. The molecule has 3 nitrogen and oxygen atoms in total. The fourth-order valence-electron chi connectivity index (χ4n) is 2.54. The highest BCUT2D eigenvalue weighted by atomic mass is 35.5.